The molecule has 2 N–H and O–H groups in total. The molecule has 0 saturated heterocycles. The number of nitrogens with two attached hydrogens (primary N) is 1. The van der Waals surface area contributed by atoms with Crippen molar-refractivity contribution in [2.75, 3.05) is 0 Å². The Bertz CT molecular complexity index is 3090. The summed E-state index contributed by atoms with van der Waals surface area (Å²) >= 11 is 0. The van der Waals surface area contributed by atoms with E-state index in [1.807, 2.05) is 0 Å². The van der Waals surface area contributed by atoms with E-state index < -0.39 is 23.8 Å². The first-order chi connectivity index (χ1) is 34.1. The van der Waals surface area contributed by atoms with Crippen molar-refractivity contribution in [3.8, 4) is 11.1 Å². The first-order valence-electron chi connectivity index (χ1n) is 23.7. The molecule has 0 spiro atoms. The monoisotopic (exact) mass is 1110 g/mol. The van der Waals surface area contributed by atoms with Gasteiger partial charge in [-0.3, -0.25) is 0 Å². The minimum atomic E-state index is -0.852. The Morgan fingerprint density at radius 3 is 0.875 bits per heavy atom. The first kappa shape index (κ1) is 54.2. The van der Waals surface area contributed by atoms with Crippen LogP contribution in [0.5, 0.6) is 0 Å². The van der Waals surface area contributed by atoms with Crippen LogP contribution in [0.2, 0.25) is 0 Å². The van der Waals surface area contributed by atoms with Gasteiger partial charge in [0, 0.05) is 11.7 Å². The molecule has 0 radical (unpaired) electrons. The zero-order valence-corrected chi connectivity index (χ0v) is 45.8. The number of benzene rings is 11. The Morgan fingerprint density at radius 2 is 0.569 bits per heavy atom. The Hall–Kier alpha value is -5.61. The van der Waals surface area contributed by atoms with Crippen LogP contribution in [0.15, 0.2) is 285 Å². The summed E-state index contributed by atoms with van der Waals surface area (Å²) < 4.78 is 0. The molecule has 1 nitrogen and oxygen atoms in total. The molecule has 11 aromatic carbocycles. The third-order valence-electron chi connectivity index (χ3n) is 12.6. The molecule has 0 amide bonds. The van der Waals surface area contributed by atoms with Crippen molar-refractivity contribution in [1.82, 2.24) is 0 Å². The van der Waals surface area contributed by atoms with Gasteiger partial charge >= 0.3 is 19.5 Å². The van der Waals surface area contributed by atoms with Crippen molar-refractivity contribution in [2.24, 2.45) is 5.73 Å². The Kier molecular flexibility index (Phi) is 19.8. The van der Waals surface area contributed by atoms with Gasteiger partial charge in [-0.05, 0) is 111 Å². The first-order valence-corrected chi connectivity index (χ1v) is 27.8. The minimum Gasteiger partial charge on any atom is -1.00 e. The van der Waals surface area contributed by atoms with E-state index in [9.17, 15) is 0 Å². The molecule has 0 unspecified atom stereocenters. The molecule has 356 valence electrons. The molecule has 0 fully saturated rings. The fraction of sp³-hybridized carbons (Fsp3) is 0.0462. The Morgan fingerprint density at radius 1 is 0.306 bits per heavy atom. The Labute approximate surface area is 454 Å². The summed E-state index contributed by atoms with van der Waals surface area (Å²) in [5.74, 6) is 0. The average molecular weight is 1110 g/mol. The van der Waals surface area contributed by atoms with E-state index in [0.717, 1.165) is 0 Å². The van der Waals surface area contributed by atoms with E-state index in [4.69, 9.17) is 5.73 Å². The summed E-state index contributed by atoms with van der Waals surface area (Å²) in [5.41, 5.74) is 10.8. The van der Waals surface area contributed by atoms with Crippen LogP contribution in [0.4, 0.5) is 0 Å². The molecule has 0 saturated carbocycles. The van der Waals surface area contributed by atoms with Crippen LogP contribution >= 0.6 is 23.8 Å². The molecule has 0 bridgehead atoms. The average Bonchev–Trinajstić information content (AvgIpc) is 3.42. The zero-order valence-electron chi connectivity index (χ0n) is 39.8. The molecule has 2 atom stereocenters. The van der Waals surface area contributed by atoms with Crippen molar-refractivity contribution in [3.63, 3.8) is 0 Å². The molecular formula is C65H54Cl2NP3Ru. The summed E-state index contributed by atoms with van der Waals surface area (Å²) in [7, 11) is -2.26. The van der Waals surface area contributed by atoms with Crippen LogP contribution in [-0.2, 0) is 19.5 Å². The van der Waals surface area contributed by atoms with Gasteiger partial charge in [-0.15, -0.1) is 0 Å². The summed E-state index contributed by atoms with van der Waals surface area (Å²) in [5, 5.41) is 16.1. The minimum absolute atomic E-state index is 0. The van der Waals surface area contributed by atoms with Gasteiger partial charge in [-0.1, -0.05) is 285 Å². The second-order valence-electron chi connectivity index (χ2n) is 17.1. The van der Waals surface area contributed by atoms with Gasteiger partial charge in [0.25, 0.3) is 0 Å². The van der Waals surface area contributed by atoms with Crippen LogP contribution in [0, 0.1) is 0 Å². The van der Waals surface area contributed by atoms with Crippen molar-refractivity contribution >= 4 is 87.7 Å². The maximum Gasteiger partial charge on any atom is 2.00 e. The van der Waals surface area contributed by atoms with E-state index in [1.165, 1.54) is 80.7 Å². The molecule has 7 heteroatoms. The third-order valence-corrected chi connectivity index (χ3v) is 20.6. The summed E-state index contributed by atoms with van der Waals surface area (Å²) in [6, 6.07) is 104. The number of fused-ring (bicyclic) bond motifs is 2. The fourth-order valence-corrected chi connectivity index (χ4v) is 17.4. The molecule has 11 rings (SSSR count). The summed E-state index contributed by atoms with van der Waals surface area (Å²) in [6.07, 6.45) is 0. The van der Waals surface area contributed by atoms with E-state index >= 15 is 0 Å². The van der Waals surface area contributed by atoms with Crippen LogP contribution in [0.1, 0.15) is 18.1 Å². The van der Waals surface area contributed by atoms with Crippen molar-refractivity contribution in [3.05, 3.63) is 291 Å². The molecule has 0 aliphatic carbocycles. The normalized spacial score (nSPS) is 11.7. The van der Waals surface area contributed by atoms with Crippen molar-refractivity contribution in [2.45, 2.75) is 18.6 Å². The van der Waals surface area contributed by atoms with Gasteiger partial charge in [0.15, 0.2) is 0 Å². The van der Waals surface area contributed by atoms with Crippen LogP contribution in [-0.4, -0.2) is 6.04 Å². The molecule has 0 aliphatic heterocycles. The smallest absolute Gasteiger partial charge is 1.00 e. The SMILES string of the molecule is C[C@@H](N)[C@@H](c1ccccc1)P(c1ccccc1)c1ccccc1.[Cl-].[Cl-].[Ru+2].c1ccc(P(c2ccccc2)c2ccc3ccccc3c2-c2c(P(c3ccccc3)c3ccccc3)ccc3ccccc23)cc1. The van der Waals surface area contributed by atoms with Gasteiger partial charge < -0.3 is 30.5 Å². The summed E-state index contributed by atoms with van der Waals surface area (Å²) in [4.78, 5) is 0. The van der Waals surface area contributed by atoms with E-state index in [-0.39, 0.29) is 50.3 Å². The standard InChI is InChI=1S/C44H32P2.C21H22NP.2ClH.Ru/c1-5-19-35(20-6-1)45(36-21-7-2-8-22-36)41-31-29-33-17-13-15-27-39(33)43(41)44-40-28-16-14-18-34(40)30-32-42(44)46(37-23-9-3-10-24-37)38-25-11-4-12-26-38;1-17(22)21(18-11-5-2-6-12-18)23(19-13-7-3-8-14-19)20-15-9-4-10-16-20;;;/h1-32H;2-17,21H,22H2,1H3;2*1H;/q;;;;+2/p-2/t;17-,21+;;;/m.1.../s1. The Balaban J connectivity index is 0.000000248. The van der Waals surface area contributed by atoms with Crippen LogP contribution in [0.25, 0.3) is 32.7 Å². The van der Waals surface area contributed by atoms with E-state index in [1.54, 1.807) is 0 Å². The van der Waals surface area contributed by atoms with E-state index in [0.29, 0.717) is 5.66 Å². The molecule has 0 aliphatic rings. The molecule has 0 aromatic heterocycles. The quantitative estimate of drug-likeness (QED) is 0.100. The largest absolute Gasteiger partial charge is 2.00 e. The van der Waals surface area contributed by atoms with Gasteiger partial charge in [0.1, 0.15) is 0 Å². The number of hydrogen-bond donors (Lipinski definition) is 1. The summed E-state index contributed by atoms with van der Waals surface area (Å²) in [6.45, 7) is 2.12. The third kappa shape index (κ3) is 12.1. The zero-order chi connectivity index (χ0) is 46.8. The second kappa shape index (κ2) is 26.4. The molecule has 0 heterocycles. The second-order valence-corrected chi connectivity index (χ2v) is 23.8. The van der Waals surface area contributed by atoms with Crippen molar-refractivity contribution in [1.29, 1.82) is 0 Å². The maximum absolute atomic E-state index is 6.46. The maximum atomic E-state index is 6.46. The van der Waals surface area contributed by atoms with Crippen LogP contribution < -0.4 is 73.0 Å². The number of rotatable bonds is 12. The molecule has 11 aromatic rings. The van der Waals surface area contributed by atoms with Crippen LogP contribution in [0.3, 0.4) is 0 Å². The topological polar surface area (TPSA) is 26.0 Å². The van der Waals surface area contributed by atoms with Gasteiger partial charge in [-0.25, -0.2) is 0 Å². The molecular weight excluding hydrogens is 1060 g/mol. The van der Waals surface area contributed by atoms with Crippen molar-refractivity contribution < 1.29 is 44.3 Å². The van der Waals surface area contributed by atoms with Gasteiger partial charge in [-0.2, -0.15) is 0 Å². The van der Waals surface area contributed by atoms with Gasteiger partial charge in [0.05, 0.1) is 0 Å². The predicted molar refractivity (Wildman–Crippen MR) is 306 cm³/mol. The van der Waals surface area contributed by atoms with Gasteiger partial charge in [0.2, 0.25) is 0 Å². The van der Waals surface area contributed by atoms with E-state index in [2.05, 4.69) is 292 Å². The molecule has 72 heavy (non-hydrogen) atoms. The number of halogens is 2. The fourth-order valence-electron chi connectivity index (χ4n) is 9.57. The number of hydrogen-bond acceptors (Lipinski definition) is 1. The predicted octanol–water partition coefficient (Wildman–Crippen LogP) is 7.39.